The van der Waals surface area contributed by atoms with Crippen LogP contribution >= 0.6 is 0 Å². The normalized spacial score (nSPS) is 12.4. The van der Waals surface area contributed by atoms with Gasteiger partial charge in [-0.3, -0.25) is 0 Å². The van der Waals surface area contributed by atoms with Crippen molar-refractivity contribution in [3.63, 3.8) is 0 Å². The van der Waals surface area contributed by atoms with E-state index in [0.29, 0.717) is 5.78 Å². The van der Waals surface area contributed by atoms with Crippen molar-refractivity contribution in [3.8, 4) is 11.3 Å². The third-order valence-electron chi connectivity index (χ3n) is 4.61. The third kappa shape index (κ3) is 3.66. The summed E-state index contributed by atoms with van der Waals surface area (Å²) < 4.78 is 1.74. The lowest BCUT2D eigenvalue weighted by Crippen LogP contribution is -2.27. The van der Waals surface area contributed by atoms with Crippen LogP contribution in [0.5, 0.6) is 0 Å². The van der Waals surface area contributed by atoms with Gasteiger partial charge in [0.1, 0.15) is 12.1 Å². The lowest BCUT2D eigenvalue weighted by Gasteiger charge is -2.25. The molecule has 0 spiro atoms. The summed E-state index contributed by atoms with van der Waals surface area (Å²) in [7, 11) is 4.18. The number of anilines is 1. The van der Waals surface area contributed by atoms with Crippen molar-refractivity contribution < 1.29 is 0 Å². The van der Waals surface area contributed by atoms with E-state index in [0.717, 1.165) is 23.6 Å². The summed E-state index contributed by atoms with van der Waals surface area (Å²) in [4.78, 5) is 11.1. The fraction of sp³-hybridized carbons (Fsp3) is 0.190. The second-order valence-corrected chi connectivity index (χ2v) is 6.64. The highest BCUT2D eigenvalue weighted by Crippen LogP contribution is 2.23. The largest absolute Gasteiger partial charge is 0.368 e. The van der Waals surface area contributed by atoms with E-state index in [-0.39, 0.29) is 6.04 Å². The summed E-state index contributed by atoms with van der Waals surface area (Å²) in [5.41, 5.74) is 3.19. The van der Waals surface area contributed by atoms with Crippen molar-refractivity contribution in [2.45, 2.75) is 6.04 Å². The maximum Gasteiger partial charge on any atom is 0.254 e. The summed E-state index contributed by atoms with van der Waals surface area (Å²) in [5.74, 6) is 1.46. The van der Waals surface area contributed by atoms with E-state index in [1.54, 1.807) is 4.52 Å². The minimum absolute atomic E-state index is 0.234. The van der Waals surface area contributed by atoms with Gasteiger partial charge in [-0.2, -0.15) is 14.6 Å². The molecular formula is C21H22N6. The highest BCUT2D eigenvalue weighted by atomic mass is 15.4. The first-order chi connectivity index (χ1) is 13.2. The van der Waals surface area contributed by atoms with Gasteiger partial charge >= 0.3 is 0 Å². The van der Waals surface area contributed by atoms with Gasteiger partial charge in [-0.15, -0.1) is 0 Å². The Kier molecular flexibility index (Phi) is 4.80. The van der Waals surface area contributed by atoms with Crippen LogP contribution in [0.2, 0.25) is 0 Å². The van der Waals surface area contributed by atoms with Crippen molar-refractivity contribution in [1.29, 1.82) is 0 Å². The van der Waals surface area contributed by atoms with Gasteiger partial charge in [0.25, 0.3) is 5.78 Å². The monoisotopic (exact) mass is 358 g/mol. The van der Waals surface area contributed by atoms with E-state index in [4.69, 9.17) is 0 Å². The second-order valence-electron chi connectivity index (χ2n) is 6.64. The summed E-state index contributed by atoms with van der Waals surface area (Å²) in [5, 5.41) is 7.86. The molecule has 0 aliphatic carbocycles. The molecule has 6 heteroatoms. The first kappa shape index (κ1) is 17.2. The molecule has 0 amide bonds. The van der Waals surface area contributed by atoms with Gasteiger partial charge in [-0.05, 0) is 19.7 Å². The molecule has 1 N–H and O–H groups in total. The molecule has 2 heterocycles. The molecule has 1 unspecified atom stereocenters. The Morgan fingerprint density at radius 1 is 1.00 bits per heavy atom. The molecule has 4 rings (SSSR count). The molecule has 6 nitrogen and oxygen atoms in total. The van der Waals surface area contributed by atoms with Gasteiger partial charge in [0.05, 0.1) is 11.7 Å². The topological polar surface area (TPSA) is 58.3 Å². The van der Waals surface area contributed by atoms with E-state index in [2.05, 4.69) is 63.6 Å². The number of rotatable bonds is 6. The van der Waals surface area contributed by atoms with Crippen LogP contribution in [0, 0.1) is 0 Å². The van der Waals surface area contributed by atoms with Crippen molar-refractivity contribution >= 4 is 11.6 Å². The maximum atomic E-state index is 4.63. The zero-order valence-corrected chi connectivity index (χ0v) is 15.4. The average Bonchev–Trinajstić information content (AvgIpc) is 3.18. The molecule has 0 bridgehead atoms. The van der Waals surface area contributed by atoms with Crippen LogP contribution in [0.3, 0.4) is 0 Å². The molecule has 27 heavy (non-hydrogen) atoms. The Hall–Kier alpha value is -3.25. The predicted octanol–water partition coefficient (Wildman–Crippen LogP) is 3.51. The first-order valence-corrected chi connectivity index (χ1v) is 8.94. The quantitative estimate of drug-likeness (QED) is 0.572. The van der Waals surface area contributed by atoms with Gasteiger partial charge in [-0.25, -0.2) is 4.98 Å². The summed E-state index contributed by atoms with van der Waals surface area (Å²) in [6, 6.07) is 22.9. The van der Waals surface area contributed by atoms with Crippen LogP contribution in [0.25, 0.3) is 17.0 Å². The summed E-state index contributed by atoms with van der Waals surface area (Å²) >= 11 is 0. The third-order valence-corrected chi connectivity index (χ3v) is 4.61. The minimum atomic E-state index is 0.234. The molecule has 0 radical (unpaired) electrons. The zero-order valence-electron chi connectivity index (χ0n) is 15.4. The number of fused-ring (bicyclic) bond motifs is 1. The van der Waals surface area contributed by atoms with Crippen LogP contribution in [-0.2, 0) is 0 Å². The lowest BCUT2D eigenvalue weighted by molar-refractivity contribution is 0.311. The van der Waals surface area contributed by atoms with Crippen LogP contribution < -0.4 is 5.32 Å². The highest BCUT2D eigenvalue weighted by molar-refractivity contribution is 5.65. The highest BCUT2D eigenvalue weighted by Gasteiger charge is 2.15. The Bertz CT molecular complexity index is 1010. The number of hydrogen-bond acceptors (Lipinski definition) is 5. The van der Waals surface area contributed by atoms with Gasteiger partial charge in [0.2, 0.25) is 0 Å². The van der Waals surface area contributed by atoms with E-state index < -0.39 is 0 Å². The number of nitrogens with one attached hydrogen (secondary N) is 1. The molecule has 0 saturated carbocycles. The molecular weight excluding hydrogens is 336 g/mol. The molecule has 136 valence electrons. The van der Waals surface area contributed by atoms with Gasteiger partial charge in [0.15, 0.2) is 0 Å². The number of hydrogen-bond donors (Lipinski definition) is 1. The van der Waals surface area contributed by atoms with Crippen molar-refractivity contribution in [2.75, 3.05) is 26.0 Å². The molecule has 4 aromatic rings. The molecule has 0 aliphatic heterocycles. The molecule has 0 aliphatic rings. The Balaban J connectivity index is 1.66. The Labute approximate surface area is 158 Å². The van der Waals surface area contributed by atoms with Crippen LogP contribution in [-0.4, -0.2) is 45.1 Å². The lowest BCUT2D eigenvalue weighted by atomic mass is 10.1. The SMILES string of the molecule is CN(C)C(CNc1cc(-c2ccccc2)nc2ncnn12)c1ccccc1. The molecule has 0 saturated heterocycles. The molecule has 2 aromatic carbocycles. The first-order valence-electron chi connectivity index (χ1n) is 8.94. The summed E-state index contributed by atoms with van der Waals surface area (Å²) in [6.45, 7) is 0.740. The van der Waals surface area contributed by atoms with E-state index in [9.17, 15) is 0 Å². The van der Waals surface area contributed by atoms with Crippen molar-refractivity contribution in [3.05, 3.63) is 78.6 Å². The zero-order chi connectivity index (χ0) is 18.6. The minimum Gasteiger partial charge on any atom is -0.368 e. The number of benzene rings is 2. The van der Waals surface area contributed by atoms with E-state index in [1.807, 2.05) is 42.5 Å². The maximum absolute atomic E-state index is 4.63. The molecule has 0 fully saturated rings. The van der Waals surface area contributed by atoms with Gasteiger partial charge in [0, 0.05) is 18.2 Å². The Morgan fingerprint density at radius 3 is 2.41 bits per heavy atom. The van der Waals surface area contributed by atoms with E-state index in [1.165, 1.54) is 11.9 Å². The van der Waals surface area contributed by atoms with Crippen LogP contribution in [0.15, 0.2) is 73.1 Å². The van der Waals surface area contributed by atoms with Crippen LogP contribution in [0.4, 0.5) is 5.82 Å². The standard InChI is InChI=1S/C21H22N6/c1-26(2)19(17-11-7-4-8-12-17)14-22-20-13-18(16-9-5-3-6-10-16)25-21-23-15-24-27(20)21/h3-13,15,19,22H,14H2,1-2H3. The van der Waals surface area contributed by atoms with Crippen molar-refractivity contribution in [1.82, 2.24) is 24.5 Å². The second kappa shape index (κ2) is 7.55. The van der Waals surface area contributed by atoms with Crippen LogP contribution in [0.1, 0.15) is 11.6 Å². The average molecular weight is 358 g/mol. The summed E-state index contributed by atoms with van der Waals surface area (Å²) in [6.07, 6.45) is 1.53. The van der Waals surface area contributed by atoms with Gasteiger partial charge < -0.3 is 10.2 Å². The Morgan fingerprint density at radius 2 is 1.70 bits per heavy atom. The van der Waals surface area contributed by atoms with Crippen molar-refractivity contribution in [2.24, 2.45) is 0 Å². The fourth-order valence-electron chi connectivity index (χ4n) is 3.17. The van der Waals surface area contributed by atoms with Gasteiger partial charge in [-0.1, -0.05) is 60.7 Å². The van der Waals surface area contributed by atoms with E-state index >= 15 is 0 Å². The predicted molar refractivity (Wildman–Crippen MR) is 108 cm³/mol. The molecule has 2 aromatic heterocycles. The number of likely N-dealkylation sites (N-methyl/N-ethyl adjacent to an activating group) is 1. The fourth-order valence-corrected chi connectivity index (χ4v) is 3.17. The number of nitrogens with zero attached hydrogens (tertiary/aromatic N) is 5. The molecule has 1 atom stereocenters. The smallest absolute Gasteiger partial charge is 0.254 e. The number of aromatic nitrogens is 4.